The van der Waals surface area contributed by atoms with E-state index in [1.807, 2.05) is 18.2 Å². The molecule has 0 spiro atoms. The molecule has 3 rings (SSSR count). The highest BCUT2D eigenvalue weighted by molar-refractivity contribution is 5.65. The number of benzene rings is 2. The van der Waals surface area contributed by atoms with Gasteiger partial charge in [-0.3, -0.25) is 0 Å². The fourth-order valence-electron chi connectivity index (χ4n) is 2.81. The first-order chi connectivity index (χ1) is 9.58. The second kappa shape index (κ2) is 4.78. The number of rotatable bonds is 3. The van der Waals surface area contributed by atoms with Gasteiger partial charge in [-0.25, -0.2) is 4.39 Å². The Morgan fingerprint density at radius 3 is 2.65 bits per heavy atom. The van der Waals surface area contributed by atoms with Gasteiger partial charge < -0.3 is 4.74 Å². The molecule has 1 unspecified atom stereocenters. The quantitative estimate of drug-likeness (QED) is 0.791. The third-order valence-corrected chi connectivity index (χ3v) is 3.94. The van der Waals surface area contributed by atoms with Gasteiger partial charge in [0.25, 0.3) is 0 Å². The van der Waals surface area contributed by atoms with Crippen LogP contribution in [-0.4, -0.2) is 6.61 Å². The molecule has 0 radical (unpaired) electrons. The van der Waals surface area contributed by atoms with Crippen molar-refractivity contribution in [2.75, 3.05) is 6.61 Å². The minimum absolute atomic E-state index is 0.0674. The van der Waals surface area contributed by atoms with Crippen LogP contribution >= 0.6 is 0 Å². The molecular formula is C18H17FO. The molecule has 20 heavy (non-hydrogen) atoms. The van der Waals surface area contributed by atoms with Gasteiger partial charge in [-0.2, -0.15) is 0 Å². The van der Waals surface area contributed by atoms with E-state index in [-0.39, 0.29) is 11.2 Å². The monoisotopic (exact) mass is 268 g/mol. The molecule has 0 aliphatic carbocycles. The lowest BCUT2D eigenvalue weighted by molar-refractivity contribution is 0.281. The third kappa shape index (κ3) is 2.22. The first-order valence-electron chi connectivity index (χ1n) is 6.74. The van der Waals surface area contributed by atoms with E-state index in [1.165, 1.54) is 17.7 Å². The van der Waals surface area contributed by atoms with Crippen molar-refractivity contribution < 1.29 is 9.13 Å². The maximum atomic E-state index is 13.0. The highest BCUT2D eigenvalue weighted by atomic mass is 19.1. The molecule has 0 N–H and O–H groups in total. The number of hydrogen-bond acceptors (Lipinski definition) is 1. The number of hydrogen-bond donors (Lipinski definition) is 0. The van der Waals surface area contributed by atoms with E-state index in [9.17, 15) is 4.39 Å². The summed E-state index contributed by atoms with van der Waals surface area (Å²) in [7, 11) is 0. The van der Waals surface area contributed by atoms with Crippen LogP contribution in [0.5, 0.6) is 5.75 Å². The fraction of sp³-hybridized carbons (Fsp3) is 0.222. The van der Waals surface area contributed by atoms with Crippen molar-refractivity contribution in [3.05, 3.63) is 72.1 Å². The van der Waals surface area contributed by atoms with Crippen molar-refractivity contribution in [2.24, 2.45) is 0 Å². The van der Waals surface area contributed by atoms with Crippen LogP contribution in [0.1, 0.15) is 24.5 Å². The molecule has 0 saturated carbocycles. The Balaban J connectivity index is 1.85. The Morgan fingerprint density at radius 1 is 1.20 bits per heavy atom. The first kappa shape index (κ1) is 12.9. The Hall–Kier alpha value is -2.09. The lowest BCUT2D eigenvalue weighted by atomic mass is 9.78. The van der Waals surface area contributed by atoms with Crippen LogP contribution in [0.3, 0.4) is 0 Å². The van der Waals surface area contributed by atoms with E-state index < -0.39 is 0 Å². The highest BCUT2D eigenvalue weighted by Gasteiger charge is 2.36. The summed E-state index contributed by atoms with van der Waals surface area (Å²) >= 11 is 0. The van der Waals surface area contributed by atoms with E-state index in [1.54, 1.807) is 12.1 Å². The number of ether oxygens (including phenoxy) is 1. The molecule has 0 aromatic heterocycles. The van der Waals surface area contributed by atoms with Gasteiger partial charge in [-0.05, 0) is 35.8 Å². The standard InChI is InChI=1S/C18H17FO/c1-13(14-7-9-15(19)10-8-14)11-18(2)12-20-17-6-4-3-5-16(17)18/h3-10H,1,11-12H2,2H3. The van der Waals surface area contributed by atoms with Crippen LogP contribution in [0.15, 0.2) is 55.1 Å². The van der Waals surface area contributed by atoms with Crippen molar-refractivity contribution in [3.8, 4) is 5.75 Å². The predicted molar refractivity (Wildman–Crippen MR) is 79.3 cm³/mol. The van der Waals surface area contributed by atoms with E-state index in [4.69, 9.17) is 4.74 Å². The van der Waals surface area contributed by atoms with E-state index in [2.05, 4.69) is 19.6 Å². The second-order valence-electron chi connectivity index (χ2n) is 5.63. The Morgan fingerprint density at radius 2 is 1.90 bits per heavy atom. The SMILES string of the molecule is C=C(CC1(C)COc2ccccc21)c1ccc(F)cc1. The molecule has 2 aromatic rings. The van der Waals surface area contributed by atoms with Crippen LogP contribution in [-0.2, 0) is 5.41 Å². The van der Waals surface area contributed by atoms with Crippen molar-refractivity contribution in [1.29, 1.82) is 0 Å². The van der Waals surface area contributed by atoms with Gasteiger partial charge in [0.05, 0.1) is 6.61 Å². The molecule has 102 valence electrons. The molecule has 1 heterocycles. The normalized spacial score (nSPS) is 20.3. The van der Waals surface area contributed by atoms with Crippen molar-refractivity contribution >= 4 is 5.57 Å². The molecule has 0 fully saturated rings. The molecular weight excluding hydrogens is 251 g/mol. The minimum Gasteiger partial charge on any atom is -0.492 e. The molecule has 1 aliphatic rings. The van der Waals surface area contributed by atoms with Gasteiger partial charge in [0.2, 0.25) is 0 Å². The summed E-state index contributed by atoms with van der Waals surface area (Å²) in [4.78, 5) is 0. The zero-order chi connectivity index (χ0) is 14.2. The largest absolute Gasteiger partial charge is 0.492 e. The summed E-state index contributed by atoms with van der Waals surface area (Å²) in [6.07, 6.45) is 0.801. The molecule has 2 aromatic carbocycles. The lowest BCUT2D eigenvalue weighted by Crippen LogP contribution is -2.24. The van der Waals surface area contributed by atoms with Crippen molar-refractivity contribution in [1.82, 2.24) is 0 Å². The number of para-hydroxylation sites is 1. The maximum Gasteiger partial charge on any atom is 0.123 e. The lowest BCUT2D eigenvalue weighted by Gasteiger charge is -2.24. The first-order valence-corrected chi connectivity index (χ1v) is 6.74. The maximum absolute atomic E-state index is 13.0. The van der Waals surface area contributed by atoms with Gasteiger partial charge in [0, 0.05) is 11.0 Å². The van der Waals surface area contributed by atoms with E-state index in [0.717, 1.165) is 23.3 Å². The van der Waals surface area contributed by atoms with Crippen LogP contribution in [0.4, 0.5) is 4.39 Å². The van der Waals surface area contributed by atoms with Crippen LogP contribution in [0, 0.1) is 5.82 Å². The number of halogens is 1. The predicted octanol–water partition coefficient (Wildman–Crippen LogP) is 4.58. The molecule has 0 amide bonds. The average Bonchev–Trinajstić information content (AvgIpc) is 2.78. The molecule has 1 aliphatic heterocycles. The Labute approximate surface area is 118 Å². The van der Waals surface area contributed by atoms with Crippen LogP contribution in [0.25, 0.3) is 5.57 Å². The van der Waals surface area contributed by atoms with E-state index >= 15 is 0 Å². The molecule has 0 saturated heterocycles. The molecule has 1 nitrogen and oxygen atoms in total. The second-order valence-corrected chi connectivity index (χ2v) is 5.63. The van der Waals surface area contributed by atoms with Gasteiger partial charge in [-0.15, -0.1) is 0 Å². The zero-order valence-corrected chi connectivity index (χ0v) is 11.5. The van der Waals surface area contributed by atoms with Crippen LogP contribution in [0.2, 0.25) is 0 Å². The van der Waals surface area contributed by atoms with Gasteiger partial charge in [0.15, 0.2) is 0 Å². The van der Waals surface area contributed by atoms with Gasteiger partial charge >= 0.3 is 0 Å². The number of fused-ring (bicyclic) bond motifs is 1. The van der Waals surface area contributed by atoms with Crippen LogP contribution < -0.4 is 4.74 Å². The van der Waals surface area contributed by atoms with Gasteiger partial charge in [-0.1, -0.05) is 43.8 Å². The topological polar surface area (TPSA) is 9.23 Å². The summed E-state index contributed by atoms with van der Waals surface area (Å²) < 4.78 is 18.7. The fourth-order valence-corrected chi connectivity index (χ4v) is 2.81. The molecule has 1 atom stereocenters. The van der Waals surface area contributed by atoms with E-state index in [0.29, 0.717) is 6.61 Å². The summed E-state index contributed by atoms with van der Waals surface area (Å²) in [5.41, 5.74) is 3.15. The zero-order valence-electron chi connectivity index (χ0n) is 11.5. The summed E-state index contributed by atoms with van der Waals surface area (Å²) in [5.74, 6) is 0.740. The number of allylic oxidation sites excluding steroid dienone is 1. The third-order valence-electron chi connectivity index (χ3n) is 3.94. The minimum atomic E-state index is -0.220. The molecule has 2 heteroatoms. The Bertz CT molecular complexity index is 645. The van der Waals surface area contributed by atoms with Crippen molar-refractivity contribution in [3.63, 3.8) is 0 Å². The summed E-state index contributed by atoms with van der Waals surface area (Å²) in [5, 5.41) is 0. The average molecular weight is 268 g/mol. The summed E-state index contributed by atoms with van der Waals surface area (Å²) in [6.45, 7) is 7.01. The van der Waals surface area contributed by atoms with Gasteiger partial charge in [0.1, 0.15) is 11.6 Å². The smallest absolute Gasteiger partial charge is 0.123 e. The summed E-state index contributed by atoms with van der Waals surface area (Å²) in [6, 6.07) is 14.6. The van der Waals surface area contributed by atoms with Crippen molar-refractivity contribution in [2.45, 2.75) is 18.8 Å². The molecule has 0 bridgehead atoms. The Kier molecular flexibility index (Phi) is 3.09. The highest BCUT2D eigenvalue weighted by Crippen LogP contribution is 2.43.